The topological polar surface area (TPSA) is 69.4 Å². The Labute approximate surface area is 188 Å². The van der Waals surface area contributed by atoms with Crippen LogP contribution in [0.2, 0.25) is 0 Å². The van der Waals surface area contributed by atoms with Crippen molar-refractivity contribution in [2.75, 3.05) is 7.11 Å². The van der Waals surface area contributed by atoms with Gasteiger partial charge in [-0.25, -0.2) is 9.50 Å². The van der Waals surface area contributed by atoms with Crippen molar-refractivity contribution < 1.29 is 9.53 Å². The van der Waals surface area contributed by atoms with Gasteiger partial charge >= 0.3 is 5.97 Å². The number of fused-ring (bicyclic) bond motifs is 2. The molecular formula is C26H30N4O2. The summed E-state index contributed by atoms with van der Waals surface area (Å²) in [5, 5.41) is 5.99. The van der Waals surface area contributed by atoms with Gasteiger partial charge in [0.1, 0.15) is 0 Å². The van der Waals surface area contributed by atoms with E-state index < -0.39 is 5.92 Å². The first-order valence-electron chi connectivity index (χ1n) is 11.1. The molecule has 32 heavy (non-hydrogen) atoms. The van der Waals surface area contributed by atoms with Gasteiger partial charge in [0.2, 0.25) is 0 Å². The van der Waals surface area contributed by atoms with Crippen LogP contribution < -0.4 is 0 Å². The molecule has 0 fully saturated rings. The summed E-state index contributed by atoms with van der Waals surface area (Å²) < 4.78 is 7.11. The van der Waals surface area contributed by atoms with Gasteiger partial charge in [0.05, 0.1) is 29.9 Å². The number of rotatable bonds is 5. The van der Waals surface area contributed by atoms with Gasteiger partial charge in [-0.3, -0.25) is 9.78 Å². The maximum absolute atomic E-state index is 12.9. The van der Waals surface area contributed by atoms with Crippen molar-refractivity contribution in [1.82, 2.24) is 19.6 Å². The van der Waals surface area contributed by atoms with E-state index in [9.17, 15) is 4.79 Å². The summed E-state index contributed by atoms with van der Waals surface area (Å²) in [5.41, 5.74) is 6.03. The van der Waals surface area contributed by atoms with Crippen LogP contribution >= 0.6 is 0 Å². The quantitative estimate of drug-likeness (QED) is 0.385. The molecule has 0 saturated carbocycles. The average molecular weight is 431 g/mol. The number of methoxy groups -OCH3 is 1. The molecule has 0 radical (unpaired) electrons. The third kappa shape index (κ3) is 3.74. The normalized spacial score (nSPS) is 12.9. The van der Waals surface area contributed by atoms with E-state index in [1.807, 2.05) is 35.7 Å². The van der Waals surface area contributed by atoms with Crippen molar-refractivity contribution in [3.63, 3.8) is 0 Å². The fourth-order valence-corrected chi connectivity index (χ4v) is 4.30. The summed E-state index contributed by atoms with van der Waals surface area (Å²) in [7, 11) is 1.44. The summed E-state index contributed by atoms with van der Waals surface area (Å²) in [6.07, 6.45) is 3.31. The molecule has 0 aliphatic rings. The molecule has 1 atom stereocenters. The first-order chi connectivity index (χ1) is 15.3. The number of aryl methyl sites for hydroxylation is 1. The van der Waals surface area contributed by atoms with E-state index in [1.165, 1.54) is 7.11 Å². The van der Waals surface area contributed by atoms with Gasteiger partial charge in [0.15, 0.2) is 5.65 Å². The lowest BCUT2D eigenvalue weighted by Gasteiger charge is -2.22. The van der Waals surface area contributed by atoms with Gasteiger partial charge in [0.25, 0.3) is 0 Å². The Morgan fingerprint density at radius 3 is 2.66 bits per heavy atom. The summed E-state index contributed by atoms with van der Waals surface area (Å²) in [5.74, 6) is -0.676. The molecule has 0 aliphatic heterocycles. The molecule has 3 aromatic heterocycles. The van der Waals surface area contributed by atoms with Gasteiger partial charge in [-0.1, -0.05) is 52.3 Å². The monoisotopic (exact) mass is 430 g/mol. The molecule has 1 unspecified atom stereocenters. The van der Waals surface area contributed by atoms with Gasteiger partial charge in [-0.2, -0.15) is 5.10 Å². The Morgan fingerprint density at radius 1 is 1.19 bits per heavy atom. The Kier molecular flexibility index (Phi) is 5.71. The van der Waals surface area contributed by atoms with E-state index >= 15 is 0 Å². The number of esters is 1. The zero-order valence-corrected chi connectivity index (χ0v) is 19.6. The van der Waals surface area contributed by atoms with Gasteiger partial charge in [-0.15, -0.1) is 0 Å². The molecule has 4 rings (SSSR count). The van der Waals surface area contributed by atoms with Crippen LogP contribution in [0.4, 0.5) is 0 Å². The number of ether oxygens (including phenoxy) is 1. The summed E-state index contributed by atoms with van der Waals surface area (Å²) in [6.45, 7) is 10.5. The molecule has 166 valence electrons. The van der Waals surface area contributed by atoms with Crippen LogP contribution in [0.5, 0.6) is 0 Å². The van der Waals surface area contributed by atoms with E-state index in [-0.39, 0.29) is 11.4 Å². The van der Waals surface area contributed by atoms with Crippen LogP contribution in [0, 0.1) is 6.92 Å². The number of carbonyl (C=O) groups excluding carboxylic acids is 1. The van der Waals surface area contributed by atoms with Crippen molar-refractivity contribution in [3.05, 3.63) is 59.5 Å². The average Bonchev–Trinajstić information content (AvgIpc) is 3.20. The summed E-state index contributed by atoms with van der Waals surface area (Å²) >= 11 is 0. The van der Waals surface area contributed by atoms with Crippen molar-refractivity contribution in [2.45, 2.75) is 58.8 Å². The highest BCUT2D eigenvalue weighted by Crippen LogP contribution is 2.38. The lowest BCUT2D eigenvalue weighted by molar-refractivity contribution is -0.142. The van der Waals surface area contributed by atoms with Crippen LogP contribution in [-0.4, -0.2) is 32.7 Å². The zero-order valence-electron chi connectivity index (χ0n) is 19.6. The second-order valence-electron chi connectivity index (χ2n) is 9.25. The Hall–Kier alpha value is -3.28. The van der Waals surface area contributed by atoms with E-state index in [4.69, 9.17) is 14.8 Å². The molecule has 6 heteroatoms. The standard InChI is InChI=1S/C26H30N4O2/c1-7-10-19(25(31)32-6)23-16(2)28-22-15-21(26(3,4)5)29-30(22)24(23)18-11-8-13-20-17(18)12-9-14-27-20/h8-9,11-15,19H,7,10H2,1-6H3. The lowest BCUT2D eigenvalue weighted by atomic mass is 9.88. The van der Waals surface area contributed by atoms with E-state index in [1.54, 1.807) is 6.20 Å². The molecule has 0 bridgehead atoms. The fourth-order valence-electron chi connectivity index (χ4n) is 4.30. The Balaban J connectivity index is 2.16. The molecule has 0 N–H and O–H groups in total. The number of pyridine rings is 1. The largest absolute Gasteiger partial charge is 0.469 e. The number of hydrogen-bond donors (Lipinski definition) is 0. The molecule has 3 heterocycles. The molecule has 6 nitrogen and oxygen atoms in total. The smallest absolute Gasteiger partial charge is 0.313 e. The van der Waals surface area contributed by atoms with Crippen molar-refractivity contribution in [1.29, 1.82) is 0 Å². The third-order valence-electron chi connectivity index (χ3n) is 5.91. The van der Waals surface area contributed by atoms with Crippen molar-refractivity contribution in [3.8, 4) is 11.3 Å². The Morgan fingerprint density at radius 2 is 1.97 bits per heavy atom. The van der Waals surface area contributed by atoms with Crippen LogP contribution in [0.25, 0.3) is 27.8 Å². The molecular weight excluding hydrogens is 400 g/mol. The highest BCUT2D eigenvalue weighted by Gasteiger charge is 2.30. The minimum Gasteiger partial charge on any atom is -0.469 e. The zero-order chi connectivity index (χ0) is 23.0. The predicted octanol–water partition coefficient (Wildman–Crippen LogP) is 5.61. The predicted molar refractivity (Wildman–Crippen MR) is 127 cm³/mol. The number of carbonyl (C=O) groups is 1. The summed E-state index contributed by atoms with van der Waals surface area (Å²) in [4.78, 5) is 22.3. The second kappa shape index (κ2) is 8.34. The second-order valence-corrected chi connectivity index (χ2v) is 9.25. The third-order valence-corrected chi connectivity index (χ3v) is 5.91. The number of benzene rings is 1. The number of hydrogen-bond acceptors (Lipinski definition) is 5. The molecule has 0 amide bonds. The van der Waals surface area contributed by atoms with Gasteiger partial charge < -0.3 is 4.74 Å². The van der Waals surface area contributed by atoms with Crippen LogP contribution in [0.1, 0.15) is 63.4 Å². The lowest BCUT2D eigenvalue weighted by Crippen LogP contribution is -2.19. The molecule has 0 saturated heterocycles. The van der Waals surface area contributed by atoms with E-state index in [0.717, 1.165) is 51.2 Å². The fraction of sp³-hybridized carbons (Fsp3) is 0.385. The molecule has 4 aromatic rings. The highest BCUT2D eigenvalue weighted by atomic mass is 16.5. The van der Waals surface area contributed by atoms with Crippen LogP contribution in [-0.2, 0) is 14.9 Å². The van der Waals surface area contributed by atoms with E-state index in [0.29, 0.717) is 6.42 Å². The van der Waals surface area contributed by atoms with Crippen LogP contribution in [0.15, 0.2) is 42.6 Å². The Bertz CT molecular complexity index is 1300. The van der Waals surface area contributed by atoms with Crippen molar-refractivity contribution in [2.24, 2.45) is 0 Å². The van der Waals surface area contributed by atoms with E-state index in [2.05, 4.69) is 44.8 Å². The maximum atomic E-state index is 12.9. The molecule has 0 aliphatic carbocycles. The number of aromatic nitrogens is 4. The van der Waals surface area contributed by atoms with Crippen LogP contribution in [0.3, 0.4) is 0 Å². The minimum absolute atomic E-state index is 0.134. The number of nitrogens with zero attached hydrogens (tertiary/aromatic N) is 4. The summed E-state index contributed by atoms with van der Waals surface area (Å²) in [6, 6.07) is 12.1. The SMILES string of the molecule is CCCC(C(=O)OC)c1c(C)nc2cc(C(C)(C)C)nn2c1-c1cccc2ncccc12. The molecule has 0 spiro atoms. The highest BCUT2D eigenvalue weighted by molar-refractivity contribution is 5.96. The first-order valence-corrected chi connectivity index (χ1v) is 11.1. The minimum atomic E-state index is -0.425. The van der Waals surface area contributed by atoms with Gasteiger partial charge in [0, 0.05) is 39.9 Å². The first kappa shape index (κ1) is 21.9. The van der Waals surface area contributed by atoms with Gasteiger partial charge in [-0.05, 0) is 25.5 Å². The van der Waals surface area contributed by atoms with Crippen molar-refractivity contribution >= 4 is 22.5 Å². The molecule has 1 aromatic carbocycles. The maximum Gasteiger partial charge on any atom is 0.313 e.